The summed E-state index contributed by atoms with van der Waals surface area (Å²) in [6.45, 7) is 5.00. The minimum atomic E-state index is -0.0442. The fraction of sp³-hybridized carbons (Fsp3) is 0.444. The number of aromatic amines is 1. The second kappa shape index (κ2) is 4.07. The second-order valence-electron chi connectivity index (χ2n) is 2.77. The first-order chi connectivity index (χ1) is 5.74. The van der Waals surface area contributed by atoms with Crippen molar-refractivity contribution in [1.29, 1.82) is 0 Å². The smallest absolute Gasteiger partial charge is 0.248 e. The van der Waals surface area contributed by atoms with Crippen LogP contribution in [-0.4, -0.2) is 11.5 Å². The molecular weight excluding hydrogens is 152 g/mol. The average Bonchev–Trinajstić information content (AvgIpc) is 2.05. The highest BCUT2D eigenvalue weighted by Gasteiger charge is 2.02. The molecule has 0 aliphatic heterocycles. The standard InChI is InChI=1S/C9H14N2O/c1-3-10-7(2)8-4-5-11-9(12)6-8/h4-7,10H,3H2,1-2H3,(H,11,12). The lowest BCUT2D eigenvalue weighted by atomic mass is 10.1. The van der Waals surface area contributed by atoms with E-state index in [0.29, 0.717) is 0 Å². The van der Waals surface area contributed by atoms with Gasteiger partial charge in [0.25, 0.3) is 0 Å². The summed E-state index contributed by atoms with van der Waals surface area (Å²) in [7, 11) is 0. The van der Waals surface area contributed by atoms with Gasteiger partial charge in [0.2, 0.25) is 5.56 Å². The van der Waals surface area contributed by atoms with Crippen LogP contribution in [-0.2, 0) is 0 Å². The Hall–Kier alpha value is -1.09. The summed E-state index contributed by atoms with van der Waals surface area (Å²) in [6.07, 6.45) is 1.67. The molecular formula is C9H14N2O. The number of H-pyrrole nitrogens is 1. The average molecular weight is 166 g/mol. The van der Waals surface area contributed by atoms with Gasteiger partial charge >= 0.3 is 0 Å². The quantitative estimate of drug-likeness (QED) is 0.704. The Labute approximate surface area is 71.8 Å². The molecule has 0 radical (unpaired) electrons. The van der Waals surface area contributed by atoms with Gasteiger partial charge in [0.1, 0.15) is 0 Å². The first-order valence-electron chi connectivity index (χ1n) is 4.16. The summed E-state index contributed by atoms with van der Waals surface area (Å²) >= 11 is 0. The van der Waals surface area contributed by atoms with Crippen molar-refractivity contribution in [2.45, 2.75) is 19.9 Å². The lowest BCUT2D eigenvalue weighted by Gasteiger charge is -2.11. The molecule has 0 amide bonds. The van der Waals surface area contributed by atoms with E-state index in [1.165, 1.54) is 0 Å². The molecule has 0 saturated carbocycles. The number of pyridine rings is 1. The molecule has 2 N–H and O–H groups in total. The number of rotatable bonds is 3. The highest BCUT2D eigenvalue weighted by molar-refractivity contribution is 5.13. The van der Waals surface area contributed by atoms with Gasteiger partial charge in [-0.15, -0.1) is 0 Å². The van der Waals surface area contributed by atoms with Gasteiger partial charge in [-0.25, -0.2) is 0 Å². The molecule has 3 heteroatoms. The van der Waals surface area contributed by atoms with E-state index in [0.717, 1.165) is 12.1 Å². The predicted octanol–water partition coefficient (Wildman–Crippen LogP) is 1.05. The summed E-state index contributed by atoms with van der Waals surface area (Å²) in [4.78, 5) is 13.5. The van der Waals surface area contributed by atoms with Crippen molar-refractivity contribution in [2.75, 3.05) is 6.54 Å². The molecule has 0 fully saturated rings. The highest BCUT2D eigenvalue weighted by Crippen LogP contribution is 2.07. The van der Waals surface area contributed by atoms with E-state index < -0.39 is 0 Å². The first-order valence-corrected chi connectivity index (χ1v) is 4.16. The third-order valence-electron chi connectivity index (χ3n) is 1.81. The third kappa shape index (κ3) is 2.20. The maximum Gasteiger partial charge on any atom is 0.248 e. The molecule has 66 valence electrons. The van der Waals surface area contributed by atoms with Gasteiger partial charge in [-0.1, -0.05) is 6.92 Å². The monoisotopic (exact) mass is 166 g/mol. The molecule has 0 aromatic carbocycles. The lowest BCUT2D eigenvalue weighted by molar-refractivity contribution is 0.597. The Morgan fingerprint density at radius 3 is 3.00 bits per heavy atom. The van der Waals surface area contributed by atoms with Crippen LogP contribution in [0.4, 0.5) is 0 Å². The zero-order chi connectivity index (χ0) is 8.97. The summed E-state index contributed by atoms with van der Waals surface area (Å²) < 4.78 is 0. The molecule has 3 nitrogen and oxygen atoms in total. The normalized spacial score (nSPS) is 12.8. The van der Waals surface area contributed by atoms with Crippen LogP contribution < -0.4 is 10.9 Å². The van der Waals surface area contributed by atoms with Gasteiger partial charge in [-0.2, -0.15) is 0 Å². The zero-order valence-electron chi connectivity index (χ0n) is 7.42. The molecule has 0 saturated heterocycles. The summed E-state index contributed by atoms with van der Waals surface area (Å²) in [6, 6.07) is 3.78. The van der Waals surface area contributed by atoms with E-state index in [1.54, 1.807) is 12.3 Å². The lowest BCUT2D eigenvalue weighted by Crippen LogP contribution is -2.19. The Morgan fingerprint density at radius 2 is 2.42 bits per heavy atom. The molecule has 0 bridgehead atoms. The van der Waals surface area contributed by atoms with Gasteiger partial charge < -0.3 is 10.3 Å². The number of hydrogen-bond acceptors (Lipinski definition) is 2. The van der Waals surface area contributed by atoms with Crippen molar-refractivity contribution < 1.29 is 0 Å². The molecule has 1 aromatic heterocycles. The predicted molar refractivity (Wildman–Crippen MR) is 49.2 cm³/mol. The Balaban J connectivity index is 2.80. The van der Waals surface area contributed by atoms with E-state index in [1.807, 2.05) is 19.9 Å². The number of nitrogens with one attached hydrogen (secondary N) is 2. The van der Waals surface area contributed by atoms with E-state index in [-0.39, 0.29) is 11.6 Å². The minimum Gasteiger partial charge on any atom is -0.329 e. The third-order valence-corrected chi connectivity index (χ3v) is 1.81. The minimum absolute atomic E-state index is 0.0442. The van der Waals surface area contributed by atoms with Crippen LogP contribution in [0.5, 0.6) is 0 Å². The first kappa shape index (κ1) is 9.00. The molecule has 1 heterocycles. The summed E-state index contributed by atoms with van der Waals surface area (Å²) in [5, 5.41) is 3.24. The van der Waals surface area contributed by atoms with E-state index >= 15 is 0 Å². The van der Waals surface area contributed by atoms with Gasteiger partial charge in [-0.3, -0.25) is 4.79 Å². The molecule has 1 aromatic rings. The van der Waals surface area contributed by atoms with Crippen LogP contribution >= 0.6 is 0 Å². The highest BCUT2D eigenvalue weighted by atomic mass is 16.1. The molecule has 1 rings (SSSR count). The molecule has 1 atom stereocenters. The molecule has 0 spiro atoms. The van der Waals surface area contributed by atoms with Gasteiger partial charge in [0.05, 0.1) is 0 Å². The fourth-order valence-corrected chi connectivity index (χ4v) is 1.15. The van der Waals surface area contributed by atoms with Crippen LogP contribution in [0.3, 0.4) is 0 Å². The van der Waals surface area contributed by atoms with E-state index in [4.69, 9.17) is 0 Å². The van der Waals surface area contributed by atoms with Gasteiger partial charge in [0, 0.05) is 18.3 Å². The van der Waals surface area contributed by atoms with Crippen LogP contribution in [0.1, 0.15) is 25.5 Å². The second-order valence-corrected chi connectivity index (χ2v) is 2.77. The van der Waals surface area contributed by atoms with Gasteiger partial charge in [-0.05, 0) is 25.1 Å². The SMILES string of the molecule is CCNC(C)c1cc[nH]c(=O)c1. The van der Waals surface area contributed by atoms with Crippen molar-refractivity contribution in [3.8, 4) is 0 Å². The largest absolute Gasteiger partial charge is 0.329 e. The van der Waals surface area contributed by atoms with Crippen LogP contribution in [0.15, 0.2) is 23.1 Å². The van der Waals surface area contributed by atoms with Crippen LogP contribution in [0.25, 0.3) is 0 Å². The fourth-order valence-electron chi connectivity index (χ4n) is 1.15. The number of hydrogen-bond donors (Lipinski definition) is 2. The van der Waals surface area contributed by atoms with Crippen molar-refractivity contribution >= 4 is 0 Å². The van der Waals surface area contributed by atoms with Crippen LogP contribution in [0.2, 0.25) is 0 Å². The van der Waals surface area contributed by atoms with Crippen molar-refractivity contribution in [3.05, 3.63) is 34.2 Å². The van der Waals surface area contributed by atoms with Gasteiger partial charge in [0.15, 0.2) is 0 Å². The Morgan fingerprint density at radius 1 is 1.67 bits per heavy atom. The van der Waals surface area contributed by atoms with E-state index in [9.17, 15) is 4.79 Å². The van der Waals surface area contributed by atoms with Crippen LogP contribution in [0, 0.1) is 0 Å². The molecule has 0 aliphatic carbocycles. The van der Waals surface area contributed by atoms with E-state index in [2.05, 4.69) is 10.3 Å². The number of aromatic nitrogens is 1. The summed E-state index contributed by atoms with van der Waals surface area (Å²) in [5.74, 6) is 0. The molecule has 1 unspecified atom stereocenters. The van der Waals surface area contributed by atoms with Crippen molar-refractivity contribution in [1.82, 2.24) is 10.3 Å². The Bertz CT molecular complexity index is 293. The topological polar surface area (TPSA) is 44.9 Å². The molecule has 12 heavy (non-hydrogen) atoms. The maximum atomic E-state index is 10.9. The molecule has 0 aliphatic rings. The summed E-state index contributed by atoms with van der Waals surface area (Å²) in [5.41, 5.74) is 0.984. The zero-order valence-corrected chi connectivity index (χ0v) is 7.42. The van der Waals surface area contributed by atoms with Crippen molar-refractivity contribution in [3.63, 3.8) is 0 Å². The maximum absolute atomic E-state index is 10.9. The van der Waals surface area contributed by atoms with Crippen molar-refractivity contribution in [2.24, 2.45) is 0 Å². The Kier molecular flexibility index (Phi) is 3.05.